The number of nitrogens with zero attached hydrogens (tertiary/aromatic N) is 1. The molecule has 0 atom stereocenters. The van der Waals surface area contributed by atoms with Gasteiger partial charge >= 0.3 is 0 Å². The number of pyridine rings is 1. The van der Waals surface area contributed by atoms with Crippen LogP contribution in [0.15, 0.2) is 36.5 Å². The molecule has 1 aromatic carbocycles. The van der Waals surface area contributed by atoms with Crippen molar-refractivity contribution in [1.29, 1.82) is 0 Å². The Morgan fingerprint density at radius 2 is 1.71 bits per heavy atom. The van der Waals surface area contributed by atoms with Gasteiger partial charge in [-0.25, -0.2) is 4.98 Å². The molecule has 88 valence electrons. The van der Waals surface area contributed by atoms with Crippen LogP contribution in [0, 0.1) is 0 Å². The molecule has 2 rings (SSSR count). The zero-order valence-electron chi connectivity index (χ0n) is 9.17. The molecular formula is C12H11Cl2N3. The summed E-state index contributed by atoms with van der Waals surface area (Å²) in [6.07, 6.45) is 1.72. The first-order chi connectivity index (χ1) is 8.17. The largest absolute Gasteiger partial charge is 0.373 e. The summed E-state index contributed by atoms with van der Waals surface area (Å²) in [6, 6.07) is 9.09. The molecule has 0 radical (unpaired) electrons. The first-order valence-electron chi connectivity index (χ1n) is 5.04. The number of benzene rings is 1. The van der Waals surface area contributed by atoms with Crippen LogP contribution in [-0.4, -0.2) is 12.0 Å². The normalized spacial score (nSPS) is 10.1. The fourth-order valence-electron chi connectivity index (χ4n) is 1.44. The van der Waals surface area contributed by atoms with E-state index in [0.717, 1.165) is 17.2 Å². The molecule has 0 spiro atoms. The van der Waals surface area contributed by atoms with E-state index >= 15 is 0 Å². The van der Waals surface area contributed by atoms with Crippen molar-refractivity contribution in [3.05, 3.63) is 46.6 Å². The van der Waals surface area contributed by atoms with E-state index in [2.05, 4.69) is 15.6 Å². The molecule has 0 aliphatic carbocycles. The minimum Gasteiger partial charge on any atom is -0.373 e. The van der Waals surface area contributed by atoms with Gasteiger partial charge in [0.1, 0.15) is 5.82 Å². The first kappa shape index (κ1) is 12.0. The maximum Gasteiger partial charge on any atom is 0.127 e. The molecule has 0 saturated carbocycles. The lowest BCUT2D eigenvalue weighted by Crippen LogP contribution is -1.95. The van der Waals surface area contributed by atoms with Crippen LogP contribution >= 0.6 is 23.2 Å². The van der Waals surface area contributed by atoms with Crippen LogP contribution in [0.4, 0.5) is 17.2 Å². The van der Waals surface area contributed by atoms with Gasteiger partial charge < -0.3 is 10.6 Å². The third-order valence-electron chi connectivity index (χ3n) is 2.17. The Balaban J connectivity index is 2.24. The van der Waals surface area contributed by atoms with Gasteiger partial charge in [-0.15, -0.1) is 0 Å². The molecule has 0 aliphatic heterocycles. The van der Waals surface area contributed by atoms with Crippen molar-refractivity contribution in [2.75, 3.05) is 17.7 Å². The molecule has 0 bridgehead atoms. The maximum atomic E-state index is 5.93. The molecule has 0 amide bonds. The second-order valence-corrected chi connectivity index (χ2v) is 4.34. The minimum absolute atomic E-state index is 0.600. The summed E-state index contributed by atoms with van der Waals surface area (Å²) in [4.78, 5) is 4.13. The second kappa shape index (κ2) is 5.25. The van der Waals surface area contributed by atoms with Gasteiger partial charge in [-0.1, -0.05) is 23.2 Å². The summed E-state index contributed by atoms with van der Waals surface area (Å²) < 4.78 is 0. The average Bonchev–Trinajstić information content (AvgIpc) is 2.28. The van der Waals surface area contributed by atoms with Crippen molar-refractivity contribution in [2.45, 2.75) is 0 Å². The van der Waals surface area contributed by atoms with Gasteiger partial charge in [0, 0.05) is 40.7 Å². The fourth-order valence-corrected chi connectivity index (χ4v) is 1.96. The van der Waals surface area contributed by atoms with Crippen molar-refractivity contribution < 1.29 is 0 Å². The van der Waals surface area contributed by atoms with Crippen LogP contribution in [0.3, 0.4) is 0 Å². The van der Waals surface area contributed by atoms with Crippen LogP contribution in [0.2, 0.25) is 10.0 Å². The van der Waals surface area contributed by atoms with Crippen molar-refractivity contribution in [1.82, 2.24) is 4.98 Å². The van der Waals surface area contributed by atoms with E-state index in [1.54, 1.807) is 12.3 Å². The van der Waals surface area contributed by atoms with Gasteiger partial charge in [0.25, 0.3) is 0 Å². The predicted molar refractivity (Wildman–Crippen MR) is 73.5 cm³/mol. The van der Waals surface area contributed by atoms with Crippen molar-refractivity contribution in [2.24, 2.45) is 0 Å². The van der Waals surface area contributed by atoms with E-state index in [1.165, 1.54) is 0 Å². The minimum atomic E-state index is 0.600. The summed E-state index contributed by atoms with van der Waals surface area (Å²) in [5.74, 6) is 0.795. The average molecular weight is 268 g/mol. The van der Waals surface area contributed by atoms with Crippen LogP contribution in [-0.2, 0) is 0 Å². The summed E-state index contributed by atoms with van der Waals surface area (Å²) in [5, 5.41) is 7.38. The monoisotopic (exact) mass is 267 g/mol. The summed E-state index contributed by atoms with van der Waals surface area (Å²) >= 11 is 11.9. The topological polar surface area (TPSA) is 37.0 Å². The van der Waals surface area contributed by atoms with Gasteiger partial charge in [-0.05, 0) is 24.3 Å². The molecule has 17 heavy (non-hydrogen) atoms. The van der Waals surface area contributed by atoms with Gasteiger partial charge in [0.05, 0.1) is 0 Å². The highest BCUT2D eigenvalue weighted by Gasteiger charge is 2.00. The van der Waals surface area contributed by atoms with Gasteiger partial charge in [-0.2, -0.15) is 0 Å². The SMILES string of the molecule is CNc1cc(Nc2cc(Cl)cc(Cl)c2)ccn1. The molecule has 5 heteroatoms. The molecule has 0 saturated heterocycles. The zero-order chi connectivity index (χ0) is 12.3. The van der Waals surface area contributed by atoms with Gasteiger partial charge in [0.15, 0.2) is 0 Å². The highest BCUT2D eigenvalue weighted by molar-refractivity contribution is 6.35. The van der Waals surface area contributed by atoms with Crippen molar-refractivity contribution >= 4 is 40.4 Å². The quantitative estimate of drug-likeness (QED) is 0.877. The van der Waals surface area contributed by atoms with Gasteiger partial charge in [0.2, 0.25) is 0 Å². The van der Waals surface area contributed by atoms with E-state index in [4.69, 9.17) is 23.2 Å². The lowest BCUT2D eigenvalue weighted by Gasteiger charge is -2.08. The molecule has 1 heterocycles. The predicted octanol–water partition coefficient (Wildman–Crippen LogP) is 4.17. The highest BCUT2D eigenvalue weighted by Crippen LogP contribution is 2.25. The standard InChI is InChI=1S/C12H11Cl2N3/c1-15-12-7-10(2-3-16-12)17-11-5-8(13)4-9(14)6-11/h2-7H,1H3,(H2,15,16,17). The van der Waals surface area contributed by atoms with E-state index in [-0.39, 0.29) is 0 Å². The first-order valence-corrected chi connectivity index (χ1v) is 5.80. The van der Waals surface area contributed by atoms with E-state index < -0.39 is 0 Å². The summed E-state index contributed by atoms with van der Waals surface area (Å²) in [7, 11) is 1.82. The second-order valence-electron chi connectivity index (χ2n) is 3.46. The Morgan fingerprint density at radius 3 is 2.35 bits per heavy atom. The van der Waals surface area contributed by atoms with E-state index in [0.29, 0.717) is 10.0 Å². The molecule has 2 aromatic rings. The molecular weight excluding hydrogens is 257 g/mol. The Kier molecular flexibility index (Phi) is 3.71. The third kappa shape index (κ3) is 3.25. The van der Waals surface area contributed by atoms with E-state index in [9.17, 15) is 0 Å². The highest BCUT2D eigenvalue weighted by atomic mass is 35.5. The maximum absolute atomic E-state index is 5.93. The van der Waals surface area contributed by atoms with Crippen molar-refractivity contribution in [3.8, 4) is 0 Å². The Morgan fingerprint density at radius 1 is 1.00 bits per heavy atom. The number of anilines is 3. The van der Waals surface area contributed by atoms with Gasteiger partial charge in [-0.3, -0.25) is 0 Å². The zero-order valence-corrected chi connectivity index (χ0v) is 10.7. The lowest BCUT2D eigenvalue weighted by molar-refractivity contribution is 1.28. The van der Waals surface area contributed by atoms with Crippen LogP contribution in [0.1, 0.15) is 0 Å². The van der Waals surface area contributed by atoms with E-state index in [1.807, 2.05) is 31.3 Å². The number of hydrogen-bond donors (Lipinski definition) is 2. The number of hydrogen-bond acceptors (Lipinski definition) is 3. The third-order valence-corrected chi connectivity index (χ3v) is 2.60. The molecule has 3 nitrogen and oxygen atoms in total. The summed E-state index contributed by atoms with van der Waals surface area (Å²) in [6.45, 7) is 0. The molecule has 0 fully saturated rings. The number of aromatic nitrogens is 1. The lowest BCUT2D eigenvalue weighted by atomic mass is 10.3. The van der Waals surface area contributed by atoms with Crippen LogP contribution in [0.5, 0.6) is 0 Å². The molecule has 0 aliphatic rings. The molecule has 2 N–H and O–H groups in total. The van der Waals surface area contributed by atoms with Crippen molar-refractivity contribution in [3.63, 3.8) is 0 Å². The molecule has 0 unspecified atom stereocenters. The van der Waals surface area contributed by atoms with Crippen LogP contribution < -0.4 is 10.6 Å². The Hall–Kier alpha value is -1.45. The number of halogens is 2. The summed E-state index contributed by atoms with van der Waals surface area (Å²) in [5.41, 5.74) is 1.76. The van der Waals surface area contributed by atoms with Crippen LogP contribution in [0.25, 0.3) is 0 Å². The smallest absolute Gasteiger partial charge is 0.127 e. The Bertz CT molecular complexity index is 509. The number of rotatable bonds is 3. The Labute approximate surface area is 110 Å². The molecule has 1 aromatic heterocycles. The fraction of sp³-hybridized carbons (Fsp3) is 0.0833. The number of nitrogens with one attached hydrogen (secondary N) is 2.